The third kappa shape index (κ3) is 2.38. The van der Waals surface area contributed by atoms with Crippen LogP contribution in [-0.2, 0) is 16.6 Å². The predicted molar refractivity (Wildman–Crippen MR) is 98.6 cm³/mol. The van der Waals surface area contributed by atoms with Crippen molar-refractivity contribution in [3.63, 3.8) is 0 Å². The van der Waals surface area contributed by atoms with Crippen LogP contribution in [0.2, 0.25) is 0 Å². The van der Waals surface area contributed by atoms with E-state index < -0.39 is 10.2 Å². The van der Waals surface area contributed by atoms with E-state index in [0.29, 0.717) is 12.5 Å². The van der Waals surface area contributed by atoms with E-state index in [-0.39, 0.29) is 0 Å². The summed E-state index contributed by atoms with van der Waals surface area (Å²) in [5, 5.41) is 0. The van der Waals surface area contributed by atoms with Crippen LogP contribution in [0.4, 0.5) is 11.4 Å². The molecule has 0 unspecified atom stereocenters. The fourth-order valence-corrected chi connectivity index (χ4v) is 4.88. The molecule has 1 aliphatic heterocycles. The van der Waals surface area contributed by atoms with Gasteiger partial charge in [0.1, 0.15) is 0 Å². The highest BCUT2D eigenvalue weighted by Crippen LogP contribution is 2.44. The molecule has 0 atom stereocenters. The zero-order chi connectivity index (χ0) is 16.9. The van der Waals surface area contributed by atoms with Crippen molar-refractivity contribution in [1.82, 2.24) is 0 Å². The van der Waals surface area contributed by atoms with Gasteiger partial charge in [0.15, 0.2) is 0 Å². The van der Waals surface area contributed by atoms with Crippen LogP contribution in [0.15, 0.2) is 42.5 Å². The van der Waals surface area contributed by atoms with Crippen molar-refractivity contribution in [2.24, 2.45) is 5.92 Å². The van der Waals surface area contributed by atoms with Crippen LogP contribution in [0.5, 0.6) is 0 Å². The average molecular weight is 342 g/mol. The number of anilines is 2. The highest BCUT2D eigenvalue weighted by Gasteiger charge is 2.40. The molecule has 0 spiro atoms. The SMILES string of the molecule is CCc1ccccc1-c1ccc2c(c1)N(C)S(=O)(=O)N2CC1CC1. The molecule has 1 aliphatic carbocycles. The molecule has 0 N–H and O–H groups in total. The third-order valence-electron chi connectivity index (χ3n) is 5.04. The Hall–Kier alpha value is -2.01. The second kappa shape index (κ2) is 5.52. The molecular formula is C19H22N2O2S. The van der Waals surface area contributed by atoms with Crippen LogP contribution in [0.25, 0.3) is 11.1 Å². The van der Waals surface area contributed by atoms with Gasteiger partial charge in [-0.1, -0.05) is 37.3 Å². The molecule has 4 rings (SSSR count). The van der Waals surface area contributed by atoms with Gasteiger partial charge < -0.3 is 0 Å². The van der Waals surface area contributed by atoms with Gasteiger partial charge >= 0.3 is 10.2 Å². The fraction of sp³-hybridized carbons (Fsp3) is 0.368. The van der Waals surface area contributed by atoms with E-state index in [2.05, 4.69) is 19.1 Å². The maximum atomic E-state index is 12.7. The Morgan fingerprint density at radius 2 is 1.83 bits per heavy atom. The van der Waals surface area contributed by atoms with Crippen molar-refractivity contribution in [2.75, 3.05) is 22.2 Å². The maximum Gasteiger partial charge on any atom is 0.326 e. The lowest BCUT2D eigenvalue weighted by Gasteiger charge is -2.18. The summed E-state index contributed by atoms with van der Waals surface area (Å²) in [4.78, 5) is 0. The average Bonchev–Trinajstić information content (AvgIpc) is 3.39. The Bertz CT molecular complexity index is 888. The molecule has 0 amide bonds. The first-order valence-corrected chi connectivity index (χ1v) is 9.91. The number of fused-ring (bicyclic) bond motifs is 1. The zero-order valence-corrected chi connectivity index (χ0v) is 14.9. The van der Waals surface area contributed by atoms with Gasteiger partial charge in [-0.05, 0) is 54.0 Å². The molecule has 0 aromatic heterocycles. The molecule has 0 bridgehead atoms. The summed E-state index contributed by atoms with van der Waals surface area (Å²) in [6, 6.07) is 14.3. The van der Waals surface area contributed by atoms with Gasteiger partial charge in [0, 0.05) is 13.6 Å². The topological polar surface area (TPSA) is 40.6 Å². The predicted octanol–water partition coefficient (Wildman–Crippen LogP) is 3.83. The maximum absolute atomic E-state index is 12.7. The van der Waals surface area contributed by atoms with E-state index >= 15 is 0 Å². The molecular weight excluding hydrogens is 320 g/mol. The van der Waals surface area contributed by atoms with Gasteiger partial charge in [-0.2, -0.15) is 8.42 Å². The van der Waals surface area contributed by atoms with E-state index in [1.807, 2.05) is 30.3 Å². The summed E-state index contributed by atoms with van der Waals surface area (Å²) in [7, 11) is -1.78. The smallest absolute Gasteiger partial charge is 0.254 e. The van der Waals surface area contributed by atoms with Gasteiger partial charge in [0.2, 0.25) is 0 Å². The molecule has 0 saturated heterocycles. The van der Waals surface area contributed by atoms with Crippen molar-refractivity contribution in [3.05, 3.63) is 48.0 Å². The molecule has 126 valence electrons. The Balaban J connectivity index is 1.80. The van der Waals surface area contributed by atoms with Crippen molar-refractivity contribution < 1.29 is 8.42 Å². The summed E-state index contributed by atoms with van der Waals surface area (Å²) in [5.41, 5.74) is 5.10. The standard InChI is InChI=1S/C19H22N2O2S/c1-3-15-6-4-5-7-17(15)16-10-11-18-19(12-16)20(2)24(22,23)21(18)13-14-8-9-14/h4-7,10-12,14H,3,8-9,13H2,1-2H3. The van der Waals surface area contributed by atoms with Crippen LogP contribution < -0.4 is 8.61 Å². The lowest BCUT2D eigenvalue weighted by Crippen LogP contribution is -2.36. The van der Waals surface area contributed by atoms with Gasteiger partial charge in [0.25, 0.3) is 0 Å². The molecule has 2 aromatic rings. The van der Waals surface area contributed by atoms with E-state index in [0.717, 1.165) is 36.2 Å². The summed E-state index contributed by atoms with van der Waals surface area (Å²) in [5.74, 6) is 0.514. The van der Waals surface area contributed by atoms with Crippen LogP contribution in [0, 0.1) is 5.92 Å². The Kier molecular flexibility index (Phi) is 3.57. The summed E-state index contributed by atoms with van der Waals surface area (Å²) < 4.78 is 28.5. The second-order valence-electron chi connectivity index (χ2n) is 6.66. The Labute approximate surface area is 143 Å². The second-order valence-corrected chi connectivity index (χ2v) is 8.55. The molecule has 2 aliphatic rings. The minimum Gasteiger partial charge on any atom is -0.254 e. The van der Waals surface area contributed by atoms with Crippen LogP contribution in [-0.4, -0.2) is 22.0 Å². The third-order valence-corrected chi connectivity index (χ3v) is 6.83. The highest BCUT2D eigenvalue weighted by molar-refractivity contribution is 7.94. The molecule has 5 heteroatoms. The van der Waals surface area contributed by atoms with E-state index in [9.17, 15) is 8.42 Å². The van der Waals surface area contributed by atoms with Crippen molar-refractivity contribution in [1.29, 1.82) is 0 Å². The quantitative estimate of drug-likeness (QED) is 0.847. The summed E-state index contributed by atoms with van der Waals surface area (Å²) in [6.45, 7) is 2.74. The highest BCUT2D eigenvalue weighted by atomic mass is 32.2. The van der Waals surface area contributed by atoms with Crippen molar-refractivity contribution >= 4 is 21.6 Å². The Morgan fingerprint density at radius 1 is 1.08 bits per heavy atom. The normalized spacial score (nSPS) is 18.8. The molecule has 1 heterocycles. The van der Waals surface area contributed by atoms with Crippen LogP contribution in [0.1, 0.15) is 25.3 Å². The van der Waals surface area contributed by atoms with Gasteiger partial charge in [-0.25, -0.2) is 0 Å². The molecule has 1 saturated carbocycles. The van der Waals surface area contributed by atoms with E-state index in [1.165, 1.54) is 15.4 Å². The number of hydrogen-bond acceptors (Lipinski definition) is 2. The molecule has 0 radical (unpaired) electrons. The first kappa shape index (κ1) is 15.5. The number of rotatable bonds is 4. The van der Waals surface area contributed by atoms with Crippen LogP contribution >= 0.6 is 0 Å². The van der Waals surface area contributed by atoms with Gasteiger partial charge in [-0.3, -0.25) is 8.61 Å². The molecule has 24 heavy (non-hydrogen) atoms. The number of nitrogens with zero attached hydrogens (tertiary/aromatic N) is 2. The minimum atomic E-state index is -3.43. The monoisotopic (exact) mass is 342 g/mol. The van der Waals surface area contributed by atoms with Crippen molar-refractivity contribution in [2.45, 2.75) is 26.2 Å². The lowest BCUT2D eigenvalue weighted by molar-refractivity contribution is 0.590. The molecule has 1 fully saturated rings. The van der Waals surface area contributed by atoms with Gasteiger partial charge in [-0.15, -0.1) is 0 Å². The Morgan fingerprint density at radius 3 is 2.54 bits per heavy atom. The first-order chi connectivity index (χ1) is 11.5. The van der Waals surface area contributed by atoms with Gasteiger partial charge in [0.05, 0.1) is 11.4 Å². The fourth-order valence-electron chi connectivity index (χ4n) is 3.39. The largest absolute Gasteiger partial charge is 0.326 e. The number of benzene rings is 2. The lowest BCUT2D eigenvalue weighted by atomic mass is 9.97. The number of hydrogen-bond donors (Lipinski definition) is 0. The molecule has 4 nitrogen and oxygen atoms in total. The zero-order valence-electron chi connectivity index (χ0n) is 14.1. The summed E-state index contributed by atoms with van der Waals surface area (Å²) >= 11 is 0. The summed E-state index contributed by atoms with van der Waals surface area (Å²) in [6.07, 6.45) is 3.22. The van der Waals surface area contributed by atoms with E-state index in [1.54, 1.807) is 11.4 Å². The first-order valence-electron chi connectivity index (χ1n) is 8.51. The van der Waals surface area contributed by atoms with E-state index in [4.69, 9.17) is 0 Å². The van der Waals surface area contributed by atoms with Crippen LogP contribution in [0.3, 0.4) is 0 Å². The van der Waals surface area contributed by atoms with Crippen molar-refractivity contribution in [3.8, 4) is 11.1 Å². The number of aryl methyl sites for hydroxylation is 1. The molecule has 2 aromatic carbocycles. The minimum absolute atomic E-state index is 0.514.